The van der Waals surface area contributed by atoms with Crippen molar-refractivity contribution in [3.63, 3.8) is 0 Å². The Kier molecular flexibility index (Phi) is 5.66. The molecule has 0 bridgehead atoms. The van der Waals surface area contributed by atoms with E-state index in [1.807, 2.05) is 39.0 Å². The number of halogens is 1. The van der Waals surface area contributed by atoms with Crippen molar-refractivity contribution in [2.24, 2.45) is 16.3 Å². The van der Waals surface area contributed by atoms with E-state index in [2.05, 4.69) is 21.1 Å². The average molecular weight is 329 g/mol. The fraction of sp³-hybridized carbons (Fsp3) is 0.500. The van der Waals surface area contributed by atoms with Gasteiger partial charge in [-0.1, -0.05) is 41.0 Å². The predicted octanol–water partition coefficient (Wildman–Crippen LogP) is 3.69. The third kappa shape index (κ3) is 4.74. The van der Waals surface area contributed by atoms with Gasteiger partial charge in [-0.2, -0.15) is 0 Å². The molecule has 0 unspecified atom stereocenters. The van der Waals surface area contributed by atoms with Crippen LogP contribution in [0.5, 0.6) is 5.75 Å². The van der Waals surface area contributed by atoms with Gasteiger partial charge in [0.2, 0.25) is 0 Å². The fourth-order valence-electron chi connectivity index (χ4n) is 1.69. The maximum atomic E-state index is 8.70. The second-order valence-corrected chi connectivity index (χ2v) is 6.15. The van der Waals surface area contributed by atoms with Crippen LogP contribution in [0, 0.1) is 12.3 Å². The zero-order chi connectivity index (χ0) is 14.5. The van der Waals surface area contributed by atoms with Gasteiger partial charge in [0.25, 0.3) is 0 Å². The third-order valence-electron chi connectivity index (χ3n) is 3.16. The monoisotopic (exact) mass is 328 g/mol. The van der Waals surface area contributed by atoms with Gasteiger partial charge in [-0.05, 0) is 37.5 Å². The highest BCUT2D eigenvalue weighted by Crippen LogP contribution is 2.25. The normalized spacial score (nSPS) is 12.5. The van der Waals surface area contributed by atoms with Crippen LogP contribution in [-0.2, 0) is 0 Å². The second-order valence-electron chi connectivity index (χ2n) is 5.23. The molecule has 0 saturated carbocycles. The van der Waals surface area contributed by atoms with Crippen LogP contribution in [0.1, 0.15) is 32.3 Å². The average Bonchev–Trinajstić information content (AvgIpc) is 2.37. The summed E-state index contributed by atoms with van der Waals surface area (Å²) < 4.78 is 6.76. The summed E-state index contributed by atoms with van der Waals surface area (Å²) in [6.07, 6.45) is 1.64. The maximum Gasteiger partial charge on any atom is 0.144 e. The molecule has 0 aliphatic carbocycles. The predicted molar refractivity (Wildman–Crippen MR) is 80.8 cm³/mol. The first-order valence-corrected chi connectivity index (χ1v) is 7.03. The van der Waals surface area contributed by atoms with Crippen LogP contribution >= 0.6 is 15.9 Å². The topological polar surface area (TPSA) is 67.8 Å². The first-order chi connectivity index (χ1) is 8.86. The molecule has 5 heteroatoms. The molecule has 0 spiro atoms. The number of benzene rings is 1. The second kappa shape index (κ2) is 6.80. The summed E-state index contributed by atoms with van der Waals surface area (Å²) in [6.45, 7) is 6.53. The lowest BCUT2D eigenvalue weighted by molar-refractivity contribution is 0.276. The molecule has 3 N–H and O–H groups in total. The Hall–Kier alpha value is -1.23. The summed E-state index contributed by atoms with van der Waals surface area (Å²) >= 11 is 3.43. The van der Waals surface area contributed by atoms with E-state index >= 15 is 0 Å². The largest absolute Gasteiger partial charge is 0.493 e. The Morgan fingerprint density at radius 1 is 1.47 bits per heavy atom. The first-order valence-electron chi connectivity index (χ1n) is 6.24. The minimum atomic E-state index is -0.315. The minimum Gasteiger partial charge on any atom is -0.493 e. The molecular weight excluding hydrogens is 308 g/mol. The Morgan fingerprint density at radius 3 is 2.79 bits per heavy atom. The van der Waals surface area contributed by atoms with E-state index in [1.54, 1.807) is 0 Å². The molecule has 0 aliphatic heterocycles. The van der Waals surface area contributed by atoms with E-state index < -0.39 is 0 Å². The SMILES string of the molecule is Cc1ccc(Br)cc1OCCCC(C)(C)/C(N)=N/O. The highest BCUT2D eigenvalue weighted by Gasteiger charge is 2.22. The summed E-state index contributed by atoms with van der Waals surface area (Å²) in [5.74, 6) is 1.14. The zero-order valence-corrected chi connectivity index (χ0v) is 13.2. The quantitative estimate of drug-likeness (QED) is 0.275. The van der Waals surface area contributed by atoms with E-state index in [4.69, 9.17) is 15.7 Å². The Bertz CT molecular complexity index is 459. The van der Waals surface area contributed by atoms with Crippen LogP contribution < -0.4 is 10.5 Å². The number of oxime groups is 1. The molecule has 0 saturated heterocycles. The molecule has 19 heavy (non-hydrogen) atoms. The van der Waals surface area contributed by atoms with Crippen LogP contribution in [0.2, 0.25) is 0 Å². The molecule has 1 rings (SSSR count). The van der Waals surface area contributed by atoms with E-state index in [1.165, 1.54) is 0 Å². The van der Waals surface area contributed by atoms with Crippen molar-refractivity contribution >= 4 is 21.8 Å². The molecule has 0 heterocycles. The van der Waals surface area contributed by atoms with Crippen molar-refractivity contribution in [1.82, 2.24) is 0 Å². The smallest absolute Gasteiger partial charge is 0.144 e. The Balaban J connectivity index is 2.45. The molecule has 0 radical (unpaired) electrons. The molecule has 0 aromatic heterocycles. The third-order valence-corrected chi connectivity index (χ3v) is 3.65. The van der Waals surface area contributed by atoms with Crippen LogP contribution in [0.4, 0.5) is 0 Å². The Labute approximate surface area is 122 Å². The van der Waals surface area contributed by atoms with Gasteiger partial charge in [0, 0.05) is 9.89 Å². The van der Waals surface area contributed by atoms with Crippen LogP contribution in [0.25, 0.3) is 0 Å². The molecule has 1 aromatic rings. The summed E-state index contributed by atoms with van der Waals surface area (Å²) in [5, 5.41) is 11.8. The van der Waals surface area contributed by atoms with Crippen molar-refractivity contribution < 1.29 is 9.94 Å². The molecule has 0 atom stereocenters. The number of hydrogen-bond acceptors (Lipinski definition) is 3. The van der Waals surface area contributed by atoms with Gasteiger partial charge in [0.1, 0.15) is 11.6 Å². The molecule has 106 valence electrons. The highest BCUT2D eigenvalue weighted by molar-refractivity contribution is 9.10. The summed E-state index contributed by atoms with van der Waals surface area (Å²) in [5.41, 5.74) is 6.44. The van der Waals surface area contributed by atoms with Crippen molar-refractivity contribution in [3.05, 3.63) is 28.2 Å². The number of nitrogens with zero attached hydrogens (tertiary/aromatic N) is 1. The lowest BCUT2D eigenvalue weighted by Gasteiger charge is -2.22. The number of rotatable bonds is 6. The van der Waals surface area contributed by atoms with E-state index in [0.717, 1.165) is 28.6 Å². The number of hydrogen-bond donors (Lipinski definition) is 2. The highest BCUT2D eigenvalue weighted by atomic mass is 79.9. The first kappa shape index (κ1) is 15.8. The molecule has 0 fully saturated rings. The molecule has 0 amide bonds. The Morgan fingerprint density at radius 2 is 2.16 bits per heavy atom. The van der Waals surface area contributed by atoms with Crippen LogP contribution in [0.15, 0.2) is 27.8 Å². The standard InChI is InChI=1S/C14H21BrN2O2/c1-10-5-6-11(15)9-12(10)19-8-4-7-14(2,3)13(16)17-18/h5-6,9,18H,4,7-8H2,1-3H3,(H2,16,17). The fourth-order valence-corrected chi connectivity index (χ4v) is 2.03. The number of amidine groups is 1. The van der Waals surface area contributed by atoms with Gasteiger partial charge < -0.3 is 15.7 Å². The van der Waals surface area contributed by atoms with Gasteiger partial charge in [-0.3, -0.25) is 0 Å². The van der Waals surface area contributed by atoms with E-state index in [0.29, 0.717) is 6.61 Å². The summed E-state index contributed by atoms with van der Waals surface area (Å²) in [4.78, 5) is 0. The molecule has 0 aliphatic rings. The summed E-state index contributed by atoms with van der Waals surface area (Å²) in [6, 6.07) is 5.97. The summed E-state index contributed by atoms with van der Waals surface area (Å²) in [7, 11) is 0. The number of nitrogens with two attached hydrogens (primary N) is 1. The van der Waals surface area contributed by atoms with Crippen LogP contribution in [-0.4, -0.2) is 17.6 Å². The van der Waals surface area contributed by atoms with Gasteiger partial charge in [-0.15, -0.1) is 0 Å². The van der Waals surface area contributed by atoms with Gasteiger partial charge in [0.05, 0.1) is 6.61 Å². The van der Waals surface area contributed by atoms with Gasteiger partial charge in [0.15, 0.2) is 0 Å². The molecular formula is C14H21BrN2O2. The molecule has 4 nitrogen and oxygen atoms in total. The lowest BCUT2D eigenvalue weighted by atomic mass is 9.87. The van der Waals surface area contributed by atoms with Crippen molar-refractivity contribution in [1.29, 1.82) is 0 Å². The van der Waals surface area contributed by atoms with Gasteiger partial charge in [-0.25, -0.2) is 0 Å². The van der Waals surface area contributed by atoms with Gasteiger partial charge >= 0.3 is 0 Å². The zero-order valence-electron chi connectivity index (χ0n) is 11.6. The van der Waals surface area contributed by atoms with Crippen molar-refractivity contribution in [2.45, 2.75) is 33.6 Å². The lowest BCUT2D eigenvalue weighted by Crippen LogP contribution is -2.32. The maximum absolute atomic E-state index is 8.70. The minimum absolute atomic E-state index is 0.256. The van der Waals surface area contributed by atoms with E-state index in [9.17, 15) is 0 Å². The number of ether oxygens (including phenoxy) is 1. The van der Waals surface area contributed by atoms with E-state index in [-0.39, 0.29) is 11.3 Å². The van der Waals surface area contributed by atoms with Crippen molar-refractivity contribution in [3.8, 4) is 5.75 Å². The molecule has 1 aromatic carbocycles. The van der Waals surface area contributed by atoms with Crippen molar-refractivity contribution in [2.75, 3.05) is 6.61 Å². The van der Waals surface area contributed by atoms with Crippen LogP contribution in [0.3, 0.4) is 0 Å². The number of aryl methyl sites for hydroxylation is 1.